The van der Waals surface area contributed by atoms with Gasteiger partial charge in [-0.25, -0.2) is 10.0 Å². The molecule has 0 saturated carbocycles. The number of nitrogens with one attached hydrogen (secondary N) is 1. The molecule has 1 amide bonds. The van der Waals surface area contributed by atoms with E-state index >= 15 is 0 Å². The van der Waals surface area contributed by atoms with Crippen molar-refractivity contribution in [2.75, 3.05) is 57.3 Å². The fourth-order valence-electron chi connectivity index (χ4n) is 4.23. The molecule has 1 unspecified atom stereocenters. The van der Waals surface area contributed by atoms with Gasteiger partial charge in [-0.2, -0.15) is 0 Å². The number of nitrogens with zero attached hydrogens (tertiary/aromatic N) is 4. The van der Waals surface area contributed by atoms with Gasteiger partial charge in [-0.1, -0.05) is 0 Å². The van der Waals surface area contributed by atoms with E-state index in [0.29, 0.717) is 31.5 Å². The highest BCUT2D eigenvalue weighted by molar-refractivity contribution is 5.95. The van der Waals surface area contributed by atoms with Crippen molar-refractivity contribution >= 4 is 35.8 Å². The summed E-state index contributed by atoms with van der Waals surface area (Å²) in [6, 6.07) is 7.79. The van der Waals surface area contributed by atoms with Crippen molar-refractivity contribution in [3.05, 3.63) is 29.8 Å². The van der Waals surface area contributed by atoms with Gasteiger partial charge in [0.15, 0.2) is 0 Å². The van der Waals surface area contributed by atoms with Crippen LogP contribution in [-0.2, 0) is 9.59 Å². The maximum Gasteiger partial charge on any atom is 0.317 e. The van der Waals surface area contributed by atoms with E-state index in [1.807, 2.05) is 29.2 Å². The number of aliphatic carboxylic acids is 1. The Hall–Kier alpha value is -2.40. The van der Waals surface area contributed by atoms with E-state index in [9.17, 15) is 9.59 Å². The summed E-state index contributed by atoms with van der Waals surface area (Å²) in [4.78, 5) is 26.6. The zero-order valence-corrected chi connectivity index (χ0v) is 18.4. The van der Waals surface area contributed by atoms with E-state index in [0.717, 1.165) is 38.4 Å². The van der Waals surface area contributed by atoms with Gasteiger partial charge in [-0.3, -0.25) is 19.9 Å². The minimum atomic E-state index is -0.832. The molecule has 2 heterocycles. The van der Waals surface area contributed by atoms with Crippen molar-refractivity contribution in [2.45, 2.75) is 18.9 Å². The maximum absolute atomic E-state index is 11.3. The molecule has 31 heavy (non-hydrogen) atoms. The molecule has 11 heteroatoms. The van der Waals surface area contributed by atoms with Crippen molar-refractivity contribution < 1.29 is 14.7 Å². The van der Waals surface area contributed by atoms with Gasteiger partial charge in [0, 0.05) is 69.5 Å². The second kappa shape index (κ2) is 11.3. The third kappa shape index (κ3) is 6.79. The standard InChI is InChI=1S/C20H31N7O3.ClH/c21-18(28)6-5-17-13-24(14-19(29)30)7-12-27(17)26-10-8-25(9-11-26)16-3-1-15(2-4-16)20(22)23;/h1-4,17H,5-14H2,(H2,21,28)(H3,22,23)(H,29,30);1H. The topological polar surface area (TPSA) is 143 Å². The van der Waals surface area contributed by atoms with Crippen LogP contribution in [0.1, 0.15) is 18.4 Å². The number of primary amides is 1. The van der Waals surface area contributed by atoms with Gasteiger partial charge < -0.3 is 21.5 Å². The number of rotatable bonds is 8. The third-order valence-corrected chi connectivity index (χ3v) is 5.78. The van der Waals surface area contributed by atoms with Gasteiger partial charge in [0.05, 0.1) is 6.54 Å². The van der Waals surface area contributed by atoms with Gasteiger partial charge in [0.2, 0.25) is 5.91 Å². The fourth-order valence-corrected chi connectivity index (χ4v) is 4.23. The number of carboxylic acids is 1. The first-order valence-electron chi connectivity index (χ1n) is 10.3. The van der Waals surface area contributed by atoms with Crippen molar-refractivity contribution in [3.8, 4) is 0 Å². The first-order chi connectivity index (χ1) is 14.3. The van der Waals surface area contributed by atoms with Crippen molar-refractivity contribution in [3.63, 3.8) is 0 Å². The zero-order valence-electron chi connectivity index (χ0n) is 17.6. The number of amidine groups is 1. The number of nitrogen functional groups attached to an aromatic ring is 1. The maximum atomic E-state index is 11.3. The van der Waals surface area contributed by atoms with E-state index < -0.39 is 5.97 Å². The van der Waals surface area contributed by atoms with Crippen LogP contribution in [0.25, 0.3) is 0 Å². The molecule has 0 radical (unpaired) electrons. The van der Waals surface area contributed by atoms with Gasteiger partial charge in [0.25, 0.3) is 0 Å². The van der Waals surface area contributed by atoms with Crippen LogP contribution in [0.4, 0.5) is 5.69 Å². The number of hydrazine groups is 1. The van der Waals surface area contributed by atoms with Crippen LogP contribution >= 0.6 is 12.4 Å². The van der Waals surface area contributed by atoms with Crippen molar-refractivity contribution in [2.24, 2.45) is 11.5 Å². The van der Waals surface area contributed by atoms with Gasteiger partial charge >= 0.3 is 5.97 Å². The normalized spacial score (nSPS) is 20.8. The second-order valence-corrected chi connectivity index (χ2v) is 7.85. The predicted octanol–water partition coefficient (Wildman–Crippen LogP) is -0.234. The Morgan fingerprint density at radius 1 is 1.03 bits per heavy atom. The van der Waals surface area contributed by atoms with E-state index in [4.69, 9.17) is 22.0 Å². The monoisotopic (exact) mass is 453 g/mol. The summed E-state index contributed by atoms with van der Waals surface area (Å²) in [6.07, 6.45) is 0.919. The molecule has 2 saturated heterocycles. The number of hydrogen-bond donors (Lipinski definition) is 4. The molecule has 10 nitrogen and oxygen atoms in total. The average Bonchev–Trinajstić information content (AvgIpc) is 2.72. The number of nitrogens with two attached hydrogens (primary N) is 2. The molecule has 1 atom stereocenters. The number of halogens is 1. The Bertz CT molecular complexity index is 769. The number of piperazine rings is 2. The summed E-state index contributed by atoms with van der Waals surface area (Å²) in [5.74, 6) is -1.10. The molecular weight excluding hydrogens is 422 g/mol. The van der Waals surface area contributed by atoms with Crippen LogP contribution in [0.2, 0.25) is 0 Å². The fraction of sp³-hybridized carbons (Fsp3) is 0.550. The lowest BCUT2D eigenvalue weighted by atomic mass is 10.1. The summed E-state index contributed by atoms with van der Waals surface area (Å²) >= 11 is 0. The van der Waals surface area contributed by atoms with Crippen molar-refractivity contribution in [1.29, 1.82) is 5.41 Å². The molecule has 2 aliphatic rings. The minimum absolute atomic E-state index is 0. The number of carbonyl (C=O) groups is 2. The molecule has 1 aromatic rings. The lowest BCUT2D eigenvalue weighted by molar-refractivity contribution is -0.142. The number of amides is 1. The third-order valence-electron chi connectivity index (χ3n) is 5.78. The predicted molar refractivity (Wildman–Crippen MR) is 121 cm³/mol. The molecule has 0 aliphatic carbocycles. The summed E-state index contributed by atoms with van der Waals surface area (Å²) < 4.78 is 0. The lowest BCUT2D eigenvalue weighted by Crippen LogP contribution is -2.63. The number of benzene rings is 1. The van der Waals surface area contributed by atoms with Gasteiger partial charge in [0.1, 0.15) is 5.84 Å². The highest BCUT2D eigenvalue weighted by Crippen LogP contribution is 2.22. The first kappa shape index (κ1) is 24.9. The Balaban J connectivity index is 0.00000341. The molecule has 0 spiro atoms. The number of hydrogen-bond acceptors (Lipinski definition) is 7. The highest BCUT2D eigenvalue weighted by Gasteiger charge is 2.33. The van der Waals surface area contributed by atoms with E-state index in [1.165, 1.54) is 0 Å². The Morgan fingerprint density at radius 3 is 2.23 bits per heavy atom. The van der Waals surface area contributed by atoms with E-state index in [1.54, 1.807) is 0 Å². The Kier molecular flexibility index (Phi) is 9.05. The summed E-state index contributed by atoms with van der Waals surface area (Å²) in [6.45, 7) is 5.48. The van der Waals surface area contributed by atoms with Crippen LogP contribution in [0, 0.1) is 5.41 Å². The molecule has 2 aliphatic heterocycles. The molecular formula is C20H32ClN7O3. The smallest absolute Gasteiger partial charge is 0.317 e. The van der Waals surface area contributed by atoms with Gasteiger partial charge in [-0.05, 0) is 30.7 Å². The summed E-state index contributed by atoms with van der Waals surface area (Å²) in [7, 11) is 0. The summed E-state index contributed by atoms with van der Waals surface area (Å²) in [5.41, 5.74) is 12.7. The van der Waals surface area contributed by atoms with E-state index in [-0.39, 0.29) is 36.7 Å². The zero-order chi connectivity index (χ0) is 21.7. The van der Waals surface area contributed by atoms with Crippen LogP contribution in [0.15, 0.2) is 24.3 Å². The van der Waals surface area contributed by atoms with Crippen LogP contribution < -0.4 is 16.4 Å². The summed E-state index contributed by atoms with van der Waals surface area (Å²) in [5, 5.41) is 21.2. The Labute approximate surface area is 188 Å². The molecule has 6 N–H and O–H groups in total. The average molecular weight is 454 g/mol. The second-order valence-electron chi connectivity index (χ2n) is 7.85. The SMILES string of the molecule is Cl.N=C(N)c1ccc(N2CCN(N3CCN(CC(=O)O)CC3CCC(N)=O)CC2)cc1. The molecule has 0 aromatic heterocycles. The van der Waals surface area contributed by atoms with Gasteiger partial charge in [-0.15, -0.1) is 12.4 Å². The molecule has 2 fully saturated rings. The molecule has 0 bridgehead atoms. The number of carbonyl (C=O) groups excluding carboxylic acids is 1. The first-order valence-corrected chi connectivity index (χ1v) is 10.3. The lowest BCUT2D eigenvalue weighted by Gasteiger charge is -2.49. The Morgan fingerprint density at radius 2 is 1.68 bits per heavy atom. The molecule has 3 rings (SSSR count). The number of carboxylic acid groups (broad SMARTS) is 1. The minimum Gasteiger partial charge on any atom is -0.480 e. The van der Waals surface area contributed by atoms with E-state index in [2.05, 4.69) is 14.9 Å². The number of anilines is 1. The molecule has 1 aromatic carbocycles. The quantitative estimate of drug-likeness (QED) is 0.312. The highest BCUT2D eigenvalue weighted by atomic mass is 35.5. The molecule has 172 valence electrons. The van der Waals surface area contributed by atoms with Crippen LogP contribution in [0.3, 0.4) is 0 Å². The largest absolute Gasteiger partial charge is 0.480 e. The van der Waals surface area contributed by atoms with Crippen LogP contribution in [-0.4, -0.2) is 96.1 Å². The van der Waals surface area contributed by atoms with Crippen molar-refractivity contribution in [1.82, 2.24) is 14.9 Å². The van der Waals surface area contributed by atoms with Crippen LogP contribution in [0.5, 0.6) is 0 Å².